The van der Waals surface area contributed by atoms with Gasteiger partial charge in [-0.3, -0.25) is 14.4 Å². The fourth-order valence-electron chi connectivity index (χ4n) is 1.60. The molecule has 0 aliphatic heterocycles. The van der Waals surface area contributed by atoms with Crippen molar-refractivity contribution >= 4 is 23.4 Å². The summed E-state index contributed by atoms with van der Waals surface area (Å²) in [5, 5.41) is 5.09. The molecule has 1 atom stereocenters. The van der Waals surface area contributed by atoms with Crippen LogP contribution in [-0.4, -0.2) is 23.8 Å². The van der Waals surface area contributed by atoms with Gasteiger partial charge in [-0.1, -0.05) is 12.1 Å². The van der Waals surface area contributed by atoms with E-state index in [4.69, 9.17) is 5.73 Å². The van der Waals surface area contributed by atoms with Crippen LogP contribution in [-0.2, 0) is 9.59 Å². The molecule has 6 heteroatoms. The van der Waals surface area contributed by atoms with Gasteiger partial charge < -0.3 is 16.4 Å². The van der Waals surface area contributed by atoms with Crippen molar-refractivity contribution in [1.29, 1.82) is 0 Å². The maximum atomic E-state index is 12.0. The average molecular weight is 275 g/mol. The third kappa shape index (κ3) is 4.56. The van der Waals surface area contributed by atoms with Crippen LogP contribution >= 0.6 is 0 Å². The lowest BCUT2D eigenvalue weighted by Gasteiger charge is -2.14. The summed E-state index contributed by atoms with van der Waals surface area (Å²) in [7, 11) is 0. The Morgan fingerprint density at radius 1 is 1.40 bits per heavy atom. The highest BCUT2D eigenvalue weighted by molar-refractivity contribution is 5.99. The fourth-order valence-corrected chi connectivity index (χ4v) is 1.60. The molecular formula is C14H17N3O3. The van der Waals surface area contributed by atoms with Crippen molar-refractivity contribution in [2.45, 2.75) is 19.4 Å². The van der Waals surface area contributed by atoms with Gasteiger partial charge in [-0.05, 0) is 24.6 Å². The van der Waals surface area contributed by atoms with Crippen LogP contribution in [0.15, 0.2) is 36.9 Å². The van der Waals surface area contributed by atoms with E-state index < -0.39 is 17.9 Å². The van der Waals surface area contributed by atoms with Gasteiger partial charge in [-0.15, -0.1) is 6.58 Å². The van der Waals surface area contributed by atoms with E-state index in [0.717, 1.165) is 0 Å². The van der Waals surface area contributed by atoms with Crippen molar-refractivity contribution in [2.24, 2.45) is 5.73 Å². The van der Waals surface area contributed by atoms with Crippen molar-refractivity contribution in [2.75, 3.05) is 5.32 Å². The number of carbonyl (C=O) groups excluding carboxylic acids is 3. The zero-order valence-corrected chi connectivity index (χ0v) is 11.2. The van der Waals surface area contributed by atoms with Crippen LogP contribution < -0.4 is 16.4 Å². The Bertz CT molecular complexity index is 540. The average Bonchev–Trinajstić information content (AvgIpc) is 2.37. The van der Waals surface area contributed by atoms with Crippen molar-refractivity contribution in [1.82, 2.24) is 5.32 Å². The lowest BCUT2D eigenvalue weighted by Crippen LogP contribution is -2.44. The molecule has 0 heterocycles. The van der Waals surface area contributed by atoms with E-state index in [9.17, 15) is 14.4 Å². The van der Waals surface area contributed by atoms with Crippen molar-refractivity contribution in [3.8, 4) is 0 Å². The number of rotatable bonds is 6. The Morgan fingerprint density at radius 2 is 2.10 bits per heavy atom. The molecule has 0 aromatic heterocycles. The normalized spacial score (nSPS) is 11.2. The van der Waals surface area contributed by atoms with Crippen LogP contribution in [0.1, 0.15) is 23.7 Å². The van der Waals surface area contributed by atoms with Crippen LogP contribution in [0.3, 0.4) is 0 Å². The number of carbonyl (C=O) groups is 3. The van der Waals surface area contributed by atoms with Gasteiger partial charge in [-0.25, -0.2) is 0 Å². The zero-order valence-electron chi connectivity index (χ0n) is 11.2. The van der Waals surface area contributed by atoms with E-state index in [1.807, 2.05) is 0 Å². The van der Waals surface area contributed by atoms with Crippen molar-refractivity contribution in [3.05, 3.63) is 42.5 Å². The molecular weight excluding hydrogens is 258 g/mol. The van der Waals surface area contributed by atoms with Crippen molar-refractivity contribution < 1.29 is 14.4 Å². The molecule has 0 bridgehead atoms. The monoisotopic (exact) mass is 275 g/mol. The Hall–Kier alpha value is -2.63. The minimum Gasteiger partial charge on any atom is -0.368 e. The molecule has 0 saturated carbocycles. The second kappa shape index (κ2) is 7.08. The first-order valence-corrected chi connectivity index (χ1v) is 6.02. The van der Waals surface area contributed by atoms with E-state index in [1.165, 1.54) is 19.1 Å². The third-order valence-corrected chi connectivity index (χ3v) is 2.50. The molecule has 0 saturated heterocycles. The molecule has 0 radical (unpaired) electrons. The molecule has 1 aromatic carbocycles. The minimum absolute atomic E-state index is 0.232. The minimum atomic E-state index is -0.801. The van der Waals surface area contributed by atoms with Gasteiger partial charge in [0.2, 0.25) is 11.8 Å². The fraction of sp³-hybridized carbons (Fsp3) is 0.214. The highest BCUT2D eigenvalue weighted by atomic mass is 16.2. The van der Waals surface area contributed by atoms with Gasteiger partial charge in [0.1, 0.15) is 6.04 Å². The Balaban J connectivity index is 2.83. The predicted octanol–water partition coefficient (Wildman–Crippen LogP) is 0.805. The molecule has 1 rings (SSSR count). The lowest BCUT2D eigenvalue weighted by molar-refractivity contribution is -0.119. The quantitative estimate of drug-likeness (QED) is 0.669. The first-order valence-electron chi connectivity index (χ1n) is 6.02. The summed E-state index contributed by atoms with van der Waals surface area (Å²) in [6, 6.07) is 5.58. The van der Waals surface area contributed by atoms with E-state index >= 15 is 0 Å². The van der Waals surface area contributed by atoms with Gasteiger partial charge in [0, 0.05) is 18.2 Å². The van der Waals surface area contributed by atoms with Gasteiger partial charge in [0.25, 0.3) is 5.91 Å². The zero-order chi connectivity index (χ0) is 15.1. The number of amides is 3. The maximum Gasteiger partial charge on any atom is 0.252 e. The van der Waals surface area contributed by atoms with Gasteiger partial charge in [-0.2, -0.15) is 0 Å². The summed E-state index contributed by atoms with van der Waals surface area (Å²) < 4.78 is 0. The van der Waals surface area contributed by atoms with E-state index in [-0.39, 0.29) is 12.3 Å². The molecule has 0 aliphatic rings. The molecule has 0 fully saturated rings. The number of hydrogen-bond donors (Lipinski definition) is 3. The molecule has 106 valence electrons. The van der Waals surface area contributed by atoms with E-state index in [0.29, 0.717) is 11.3 Å². The number of nitrogens with one attached hydrogen (secondary N) is 2. The lowest BCUT2D eigenvalue weighted by atomic mass is 10.1. The van der Waals surface area contributed by atoms with Crippen LogP contribution in [0.5, 0.6) is 0 Å². The summed E-state index contributed by atoms with van der Waals surface area (Å²) in [4.78, 5) is 34.1. The largest absolute Gasteiger partial charge is 0.368 e. The third-order valence-electron chi connectivity index (χ3n) is 2.50. The van der Waals surface area contributed by atoms with Crippen LogP contribution in [0.4, 0.5) is 5.69 Å². The smallest absolute Gasteiger partial charge is 0.252 e. The van der Waals surface area contributed by atoms with E-state index in [2.05, 4.69) is 17.2 Å². The molecule has 6 nitrogen and oxygen atoms in total. The highest BCUT2D eigenvalue weighted by Crippen LogP contribution is 2.11. The number of hydrogen-bond acceptors (Lipinski definition) is 3. The van der Waals surface area contributed by atoms with E-state index in [1.54, 1.807) is 18.2 Å². The summed E-state index contributed by atoms with van der Waals surface area (Å²) in [6.07, 6.45) is 1.76. The number of primary amides is 1. The first kappa shape index (κ1) is 15.4. The SMILES string of the molecule is C=CC[C@H](NC(=O)c1cccc(NC(C)=O)c1)C(N)=O. The molecule has 20 heavy (non-hydrogen) atoms. The van der Waals surface area contributed by atoms with Crippen molar-refractivity contribution in [3.63, 3.8) is 0 Å². The first-order chi connectivity index (χ1) is 9.43. The standard InChI is InChI=1S/C14H17N3O3/c1-3-5-12(13(15)19)17-14(20)10-6-4-7-11(8-10)16-9(2)18/h3-4,6-8,12H,1,5H2,2H3,(H2,15,19)(H,16,18)(H,17,20)/t12-/m0/s1. The second-order valence-electron chi connectivity index (χ2n) is 4.21. The number of benzene rings is 1. The second-order valence-corrected chi connectivity index (χ2v) is 4.21. The molecule has 4 N–H and O–H groups in total. The maximum absolute atomic E-state index is 12.0. The molecule has 1 aromatic rings. The van der Waals surface area contributed by atoms with Crippen LogP contribution in [0.2, 0.25) is 0 Å². The van der Waals surface area contributed by atoms with Crippen LogP contribution in [0, 0.1) is 0 Å². The molecule has 3 amide bonds. The van der Waals surface area contributed by atoms with Gasteiger partial charge in [0.15, 0.2) is 0 Å². The summed E-state index contributed by atoms with van der Waals surface area (Å²) in [5.41, 5.74) is 6.02. The Morgan fingerprint density at radius 3 is 2.65 bits per heavy atom. The Kier molecular flexibility index (Phi) is 5.46. The van der Waals surface area contributed by atoms with Crippen LogP contribution in [0.25, 0.3) is 0 Å². The number of nitrogens with two attached hydrogens (primary N) is 1. The number of anilines is 1. The topological polar surface area (TPSA) is 101 Å². The molecule has 0 aliphatic carbocycles. The Labute approximate surface area is 117 Å². The summed E-state index contributed by atoms with van der Waals surface area (Å²) >= 11 is 0. The summed E-state index contributed by atoms with van der Waals surface area (Å²) in [5.74, 6) is -1.30. The molecule has 0 spiro atoms. The van der Waals surface area contributed by atoms with Gasteiger partial charge >= 0.3 is 0 Å². The predicted molar refractivity (Wildman–Crippen MR) is 76.0 cm³/mol. The summed E-state index contributed by atoms with van der Waals surface area (Å²) in [6.45, 7) is 4.88. The van der Waals surface area contributed by atoms with Gasteiger partial charge in [0.05, 0.1) is 0 Å². The highest BCUT2D eigenvalue weighted by Gasteiger charge is 2.17. The molecule has 0 unspecified atom stereocenters.